The highest BCUT2D eigenvalue weighted by atomic mass is 15.0. The summed E-state index contributed by atoms with van der Waals surface area (Å²) < 4.78 is 0. The van der Waals surface area contributed by atoms with E-state index in [2.05, 4.69) is 10.6 Å². The van der Waals surface area contributed by atoms with Gasteiger partial charge in [0.05, 0.1) is 0 Å². The molecule has 0 amide bonds. The molecule has 0 aliphatic carbocycles. The summed E-state index contributed by atoms with van der Waals surface area (Å²) in [6, 6.07) is 0. The predicted molar refractivity (Wildman–Crippen MR) is 41.7 cm³/mol. The lowest BCUT2D eigenvalue weighted by atomic mass is 9.98. The molecule has 0 radical (unpaired) electrons. The fourth-order valence-corrected chi connectivity index (χ4v) is 1.73. The second-order valence-electron chi connectivity index (χ2n) is 3.04. The van der Waals surface area contributed by atoms with Gasteiger partial charge < -0.3 is 10.6 Å². The zero-order valence-corrected chi connectivity index (χ0v) is 6.24. The summed E-state index contributed by atoms with van der Waals surface area (Å²) in [5.41, 5.74) is 3.16. The molecule has 0 aromatic rings. The maximum Gasteiger partial charge on any atom is 0.0353 e. The fourth-order valence-electron chi connectivity index (χ4n) is 1.73. The summed E-state index contributed by atoms with van der Waals surface area (Å²) in [7, 11) is 0. The first-order valence-electron chi connectivity index (χ1n) is 4.12. The van der Waals surface area contributed by atoms with Gasteiger partial charge in [-0.1, -0.05) is 0 Å². The lowest BCUT2D eigenvalue weighted by molar-refractivity contribution is 0.553. The van der Waals surface area contributed by atoms with Gasteiger partial charge in [0.2, 0.25) is 0 Å². The first-order chi connectivity index (χ1) is 4.97. The molecule has 0 saturated carbocycles. The molecule has 2 rings (SSSR count). The molecule has 10 heavy (non-hydrogen) atoms. The Bertz CT molecular complexity index is 127. The summed E-state index contributed by atoms with van der Waals surface area (Å²) in [6.07, 6.45) is 3.94. The Morgan fingerprint density at radius 2 is 2.10 bits per heavy atom. The van der Waals surface area contributed by atoms with E-state index in [0.29, 0.717) is 0 Å². The molecule has 2 nitrogen and oxygen atoms in total. The lowest BCUT2D eigenvalue weighted by Gasteiger charge is -2.26. The van der Waals surface area contributed by atoms with Gasteiger partial charge >= 0.3 is 0 Å². The Morgan fingerprint density at radius 1 is 1.10 bits per heavy atom. The monoisotopic (exact) mass is 138 g/mol. The molecule has 0 spiro atoms. The number of rotatable bonds is 0. The highest BCUT2D eigenvalue weighted by Crippen LogP contribution is 2.19. The highest BCUT2D eigenvalue weighted by Gasteiger charge is 2.14. The molecule has 0 aromatic heterocycles. The molecule has 0 fully saturated rings. The number of hydrogen-bond acceptors (Lipinski definition) is 2. The maximum atomic E-state index is 3.44. The van der Waals surface area contributed by atoms with Crippen molar-refractivity contribution in [2.45, 2.75) is 19.3 Å². The van der Waals surface area contributed by atoms with E-state index in [0.717, 1.165) is 6.54 Å². The van der Waals surface area contributed by atoms with Crippen LogP contribution >= 0.6 is 0 Å². The third kappa shape index (κ3) is 1.03. The van der Waals surface area contributed by atoms with Crippen LogP contribution in [0, 0.1) is 0 Å². The zero-order chi connectivity index (χ0) is 6.81. The molecule has 0 atom stereocenters. The summed E-state index contributed by atoms with van der Waals surface area (Å²) in [4.78, 5) is 0. The van der Waals surface area contributed by atoms with Crippen molar-refractivity contribution in [2.24, 2.45) is 0 Å². The van der Waals surface area contributed by atoms with Gasteiger partial charge in [-0.15, -0.1) is 0 Å². The van der Waals surface area contributed by atoms with Gasteiger partial charge in [-0.25, -0.2) is 0 Å². The van der Waals surface area contributed by atoms with E-state index < -0.39 is 0 Å². The Labute approximate surface area is 61.7 Å². The molecule has 56 valence electrons. The van der Waals surface area contributed by atoms with Gasteiger partial charge in [-0.2, -0.15) is 0 Å². The molecule has 2 heteroatoms. The smallest absolute Gasteiger partial charge is 0.0353 e. The average molecular weight is 138 g/mol. The van der Waals surface area contributed by atoms with Crippen LogP contribution < -0.4 is 10.6 Å². The molecule has 0 saturated heterocycles. The van der Waals surface area contributed by atoms with Crippen molar-refractivity contribution in [3.8, 4) is 0 Å². The molecule has 0 aromatic carbocycles. The van der Waals surface area contributed by atoms with Crippen molar-refractivity contribution in [3.63, 3.8) is 0 Å². The van der Waals surface area contributed by atoms with E-state index in [4.69, 9.17) is 0 Å². The van der Waals surface area contributed by atoms with Crippen LogP contribution in [0.15, 0.2) is 11.3 Å². The minimum absolute atomic E-state index is 1.08. The summed E-state index contributed by atoms with van der Waals surface area (Å²) in [5.74, 6) is 0. The van der Waals surface area contributed by atoms with Crippen LogP contribution in [0.4, 0.5) is 0 Å². The largest absolute Gasteiger partial charge is 0.387 e. The molecule has 2 aliphatic rings. The minimum Gasteiger partial charge on any atom is -0.387 e. The van der Waals surface area contributed by atoms with Gasteiger partial charge in [0, 0.05) is 18.8 Å². The molecular weight excluding hydrogens is 124 g/mol. The Kier molecular flexibility index (Phi) is 1.63. The summed E-state index contributed by atoms with van der Waals surface area (Å²) >= 11 is 0. The van der Waals surface area contributed by atoms with Gasteiger partial charge in [0.25, 0.3) is 0 Å². The molecule has 2 heterocycles. The first kappa shape index (κ1) is 6.23. The van der Waals surface area contributed by atoms with Crippen molar-refractivity contribution in [2.75, 3.05) is 19.6 Å². The van der Waals surface area contributed by atoms with Crippen LogP contribution in [0.5, 0.6) is 0 Å². The van der Waals surface area contributed by atoms with Crippen molar-refractivity contribution < 1.29 is 0 Å². The van der Waals surface area contributed by atoms with Gasteiger partial charge in [0.1, 0.15) is 0 Å². The minimum atomic E-state index is 1.08. The second-order valence-corrected chi connectivity index (χ2v) is 3.04. The van der Waals surface area contributed by atoms with E-state index in [1.54, 1.807) is 5.57 Å². The fraction of sp³-hybridized carbons (Fsp3) is 0.750. The molecule has 2 N–H and O–H groups in total. The van der Waals surface area contributed by atoms with Crippen molar-refractivity contribution in [3.05, 3.63) is 11.3 Å². The van der Waals surface area contributed by atoms with Crippen LogP contribution in [0.3, 0.4) is 0 Å². The topological polar surface area (TPSA) is 24.1 Å². The quantitative estimate of drug-likeness (QED) is 0.512. The molecule has 0 unspecified atom stereocenters. The van der Waals surface area contributed by atoms with Crippen LogP contribution in [0.25, 0.3) is 0 Å². The highest BCUT2D eigenvalue weighted by molar-refractivity contribution is 5.19. The van der Waals surface area contributed by atoms with Gasteiger partial charge in [0.15, 0.2) is 0 Å². The molecular formula is C8H14N2. The van der Waals surface area contributed by atoms with E-state index in [9.17, 15) is 0 Å². The van der Waals surface area contributed by atoms with Crippen LogP contribution in [0.2, 0.25) is 0 Å². The summed E-state index contributed by atoms with van der Waals surface area (Å²) in [5, 5.41) is 6.80. The lowest BCUT2D eigenvalue weighted by Crippen LogP contribution is -2.35. The molecule has 0 bridgehead atoms. The molecule has 2 aliphatic heterocycles. The predicted octanol–water partition coefficient (Wildman–Crippen LogP) is 0.617. The Hall–Kier alpha value is -0.500. The second kappa shape index (κ2) is 2.62. The Balaban J connectivity index is 2.14. The maximum absolute atomic E-state index is 3.44. The van der Waals surface area contributed by atoms with E-state index in [1.807, 2.05) is 0 Å². The van der Waals surface area contributed by atoms with E-state index >= 15 is 0 Å². The standard InChI is InChI=1S/C8H14N2/c1-2-7-3-5-9-6-8(7)10-4-1/h9-10H,1-6H2. The SMILES string of the molecule is C1CNC2=C(C1)CCNC2. The van der Waals surface area contributed by atoms with Crippen molar-refractivity contribution >= 4 is 0 Å². The Morgan fingerprint density at radius 3 is 3.00 bits per heavy atom. The normalized spacial score (nSPS) is 25.6. The van der Waals surface area contributed by atoms with Gasteiger partial charge in [-0.05, 0) is 31.4 Å². The third-order valence-electron chi connectivity index (χ3n) is 2.33. The van der Waals surface area contributed by atoms with E-state index in [1.165, 1.54) is 38.0 Å². The van der Waals surface area contributed by atoms with E-state index in [-0.39, 0.29) is 0 Å². The van der Waals surface area contributed by atoms with Gasteiger partial charge in [-0.3, -0.25) is 0 Å². The van der Waals surface area contributed by atoms with Crippen LogP contribution in [-0.4, -0.2) is 19.6 Å². The third-order valence-corrected chi connectivity index (χ3v) is 2.33. The average Bonchev–Trinajstić information content (AvgIpc) is 2.05. The van der Waals surface area contributed by atoms with Crippen LogP contribution in [0.1, 0.15) is 19.3 Å². The number of hydrogen-bond donors (Lipinski definition) is 2. The van der Waals surface area contributed by atoms with Crippen molar-refractivity contribution in [1.82, 2.24) is 10.6 Å². The van der Waals surface area contributed by atoms with Crippen LogP contribution in [-0.2, 0) is 0 Å². The number of nitrogens with one attached hydrogen (secondary N) is 2. The first-order valence-corrected chi connectivity index (χ1v) is 4.12. The zero-order valence-electron chi connectivity index (χ0n) is 6.24. The summed E-state index contributed by atoms with van der Waals surface area (Å²) in [6.45, 7) is 3.44. The van der Waals surface area contributed by atoms with Crippen molar-refractivity contribution in [1.29, 1.82) is 0 Å².